The van der Waals surface area contributed by atoms with Crippen LogP contribution >= 0.6 is 7.82 Å². The number of carboxylic acids is 1. The molecule has 0 aromatic carbocycles. The zero-order valence-corrected chi connectivity index (χ0v) is 36.3. The minimum Gasteiger partial charge on any atom is -0.480 e. The molecule has 0 saturated heterocycles. The molecule has 328 valence electrons. The van der Waals surface area contributed by atoms with E-state index in [1.54, 1.807) is 0 Å². The first-order valence-corrected chi connectivity index (χ1v) is 23.3. The van der Waals surface area contributed by atoms with Crippen molar-refractivity contribution in [3.8, 4) is 0 Å². The lowest BCUT2D eigenvalue weighted by Crippen LogP contribution is -2.43. The van der Waals surface area contributed by atoms with Crippen LogP contribution in [0.2, 0.25) is 0 Å². The normalized spacial score (nSPS) is 14.3. The summed E-state index contributed by atoms with van der Waals surface area (Å²) in [5, 5.41) is 21.8. The molecule has 0 heterocycles. The summed E-state index contributed by atoms with van der Waals surface area (Å²) in [6.45, 7) is 2.50. The molecule has 4 N–H and O–H groups in total. The molecule has 12 heteroatoms. The number of amides is 1. The molecule has 0 aromatic heterocycles. The first-order chi connectivity index (χ1) is 27.6. The number of esters is 1. The van der Waals surface area contributed by atoms with Crippen LogP contribution in [0, 0.1) is 0 Å². The SMILES string of the molecule is CCCCC/C=C\C/C=C\C/C=C\C/C=C\CCCCCC(=O)OCC(O)COP(=O)(O)OCC(NC(=O)CCCCCCC/C=C\CCCCCCC)C(=O)O. The molecule has 57 heavy (non-hydrogen) atoms. The Kier molecular flexibility index (Phi) is 38.0. The van der Waals surface area contributed by atoms with Gasteiger partial charge in [-0.3, -0.25) is 18.6 Å². The number of aliphatic hydroxyl groups excluding tert-OH is 1. The van der Waals surface area contributed by atoms with Crippen LogP contribution in [0.5, 0.6) is 0 Å². The minimum atomic E-state index is -4.77. The molecule has 0 fully saturated rings. The minimum absolute atomic E-state index is 0.131. The van der Waals surface area contributed by atoms with Gasteiger partial charge in [-0.1, -0.05) is 139 Å². The van der Waals surface area contributed by atoms with E-state index in [4.69, 9.17) is 13.8 Å². The van der Waals surface area contributed by atoms with E-state index in [1.807, 2.05) is 0 Å². The van der Waals surface area contributed by atoms with Crippen molar-refractivity contribution >= 4 is 25.7 Å². The molecule has 3 unspecified atom stereocenters. The van der Waals surface area contributed by atoms with Crippen molar-refractivity contribution in [3.05, 3.63) is 60.8 Å². The van der Waals surface area contributed by atoms with E-state index in [0.717, 1.165) is 77.0 Å². The van der Waals surface area contributed by atoms with Crippen molar-refractivity contribution in [2.24, 2.45) is 0 Å². The maximum absolute atomic E-state index is 12.3. The first kappa shape index (κ1) is 54.2. The number of hydrogen-bond donors (Lipinski definition) is 4. The monoisotopic (exact) mass is 824 g/mol. The van der Waals surface area contributed by atoms with Crippen molar-refractivity contribution in [3.63, 3.8) is 0 Å². The Morgan fingerprint density at radius 1 is 0.561 bits per heavy atom. The number of rotatable bonds is 40. The number of hydrogen-bond acceptors (Lipinski definition) is 8. The first-order valence-electron chi connectivity index (χ1n) is 21.8. The summed E-state index contributed by atoms with van der Waals surface area (Å²) in [4.78, 5) is 45.9. The van der Waals surface area contributed by atoms with Crippen LogP contribution in [-0.2, 0) is 32.7 Å². The maximum Gasteiger partial charge on any atom is 0.472 e. The summed E-state index contributed by atoms with van der Waals surface area (Å²) >= 11 is 0. The standard InChI is InChI=1S/C45H78NO10P/c1-3-5-7-9-11-13-15-17-19-20-21-22-23-25-27-29-31-33-35-37-44(49)54-38-41(47)39-55-57(52,53)56-40-42(45(50)51)46-43(48)36-34-32-30-28-26-24-18-16-14-12-10-8-6-4-2/h11,13,16-19,21-22,25,27,41-42,47H,3-10,12,14-15,20,23-24,26,28-40H2,1-2H3,(H,46,48)(H,50,51)(H,52,53)/b13-11-,18-16-,19-17-,22-21-,27-25-. The smallest absolute Gasteiger partial charge is 0.472 e. The van der Waals surface area contributed by atoms with E-state index in [9.17, 15) is 34.1 Å². The lowest BCUT2D eigenvalue weighted by Gasteiger charge is -2.18. The van der Waals surface area contributed by atoms with Crippen LogP contribution < -0.4 is 5.32 Å². The predicted octanol–water partition coefficient (Wildman–Crippen LogP) is 11.2. The largest absolute Gasteiger partial charge is 0.480 e. The average Bonchev–Trinajstić information content (AvgIpc) is 3.18. The second-order valence-electron chi connectivity index (χ2n) is 14.5. The van der Waals surface area contributed by atoms with Gasteiger partial charge in [-0.2, -0.15) is 0 Å². The summed E-state index contributed by atoms with van der Waals surface area (Å²) in [5.74, 6) is -2.42. The van der Waals surface area contributed by atoms with E-state index in [1.165, 1.54) is 57.8 Å². The predicted molar refractivity (Wildman–Crippen MR) is 231 cm³/mol. The summed E-state index contributed by atoms with van der Waals surface area (Å²) in [6, 6.07) is -1.56. The maximum atomic E-state index is 12.3. The second kappa shape index (κ2) is 40.0. The summed E-state index contributed by atoms with van der Waals surface area (Å²) in [5.41, 5.74) is 0. The molecule has 0 rings (SSSR count). The van der Waals surface area contributed by atoms with E-state index >= 15 is 0 Å². The van der Waals surface area contributed by atoms with Gasteiger partial charge in [0.15, 0.2) is 6.04 Å². The molecule has 0 bridgehead atoms. The number of phosphoric ester groups is 1. The van der Waals surface area contributed by atoms with Crippen molar-refractivity contribution < 1.29 is 47.8 Å². The summed E-state index contributed by atoms with van der Waals surface area (Å²) in [7, 11) is -4.77. The highest BCUT2D eigenvalue weighted by Crippen LogP contribution is 2.43. The second-order valence-corrected chi connectivity index (χ2v) is 16.0. The van der Waals surface area contributed by atoms with E-state index in [-0.39, 0.29) is 12.8 Å². The van der Waals surface area contributed by atoms with Crippen LogP contribution in [0.15, 0.2) is 60.8 Å². The third-order valence-corrected chi connectivity index (χ3v) is 9.98. The summed E-state index contributed by atoms with van der Waals surface area (Å²) < 4.78 is 26.8. The molecule has 0 radical (unpaired) electrons. The van der Waals surface area contributed by atoms with Crippen LogP contribution in [-0.4, -0.2) is 64.9 Å². The number of carboxylic acid groups (broad SMARTS) is 1. The van der Waals surface area contributed by atoms with Gasteiger partial charge in [0.2, 0.25) is 5.91 Å². The highest BCUT2D eigenvalue weighted by Gasteiger charge is 2.28. The highest BCUT2D eigenvalue weighted by molar-refractivity contribution is 7.47. The molecule has 0 aliphatic heterocycles. The Hall–Kier alpha value is -2.82. The van der Waals surface area contributed by atoms with Crippen LogP contribution in [0.25, 0.3) is 0 Å². The molecule has 0 aromatic rings. The number of allylic oxidation sites excluding steroid dienone is 10. The Balaban J connectivity index is 3.97. The molecule has 3 atom stereocenters. The van der Waals surface area contributed by atoms with Gasteiger partial charge >= 0.3 is 19.8 Å². The van der Waals surface area contributed by atoms with Gasteiger partial charge in [0.05, 0.1) is 13.2 Å². The molecule has 11 nitrogen and oxygen atoms in total. The Bertz CT molecular complexity index is 1200. The fraction of sp³-hybridized carbons (Fsp3) is 0.711. The number of unbranched alkanes of at least 4 members (excludes halogenated alkanes) is 16. The Morgan fingerprint density at radius 2 is 0.965 bits per heavy atom. The van der Waals surface area contributed by atoms with Crippen molar-refractivity contribution in [1.29, 1.82) is 0 Å². The molecule has 0 saturated carbocycles. The number of phosphoric acid groups is 1. The lowest BCUT2D eigenvalue weighted by molar-refractivity contribution is -0.147. The van der Waals surface area contributed by atoms with Crippen LogP contribution in [0.4, 0.5) is 0 Å². The zero-order valence-electron chi connectivity index (χ0n) is 35.4. The Morgan fingerprint density at radius 3 is 1.51 bits per heavy atom. The fourth-order valence-electron chi connectivity index (χ4n) is 5.59. The topological polar surface area (TPSA) is 169 Å². The highest BCUT2D eigenvalue weighted by atomic mass is 31.2. The van der Waals surface area contributed by atoms with Crippen LogP contribution in [0.1, 0.15) is 174 Å². The molecule has 0 spiro atoms. The van der Waals surface area contributed by atoms with Crippen LogP contribution in [0.3, 0.4) is 0 Å². The quantitative estimate of drug-likeness (QED) is 0.0202. The molecular formula is C45H78NO10P. The average molecular weight is 824 g/mol. The van der Waals surface area contributed by atoms with Crippen molar-refractivity contribution in [2.75, 3.05) is 19.8 Å². The number of aliphatic hydroxyl groups is 1. The van der Waals surface area contributed by atoms with Crippen molar-refractivity contribution in [2.45, 2.75) is 187 Å². The number of ether oxygens (including phenoxy) is 1. The van der Waals surface area contributed by atoms with Gasteiger partial charge in [-0.15, -0.1) is 0 Å². The molecular weight excluding hydrogens is 745 g/mol. The van der Waals surface area contributed by atoms with E-state index < -0.39 is 57.6 Å². The molecule has 0 aliphatic rings. The molecule has 1 amide bonds. The van der Waals surface area contributed by atoms with Gasteiger partial charge in [0.1, 0.15) is 12.7 Å². The van der Waals surface area contributed by atoms with Gasteiger partial charge in [-0.05, 0) is 83.5 Å². The Labute approximate surface area is 345 Å². The molecule has 0 aliphatic carbocycles. The number of carbonyl (C=O) groups is 3. The van der Waals surface area contributed by atoms with E-state index in [0.29, 0.717) is 12.8 Å². The third-order valence-electron chi connectivity index (χ3n) is 9.03. The lowest BCUT2D eigenvalue weighted by atomic mass is 10.1. The third kappa shape index (κ3) is 39.8. The van der Waals surface area contributed by atoms with Gasteiger partial charge in [0, 0.05) is 12.8 Å². The number of nitrogens with one attached hydrogen (secondary N) is 1. The van der Waals surface area contributed by atoms with Gasteiger partial charge in [0.25, 0.3) is 0 Å². The number of carbonyl (C=O) groups excluding carboxylic acids is 2. The zero-order chi connectivity index (χ0) is 42.1. The fourth-order valence-corrected chi connectivity index (χ4v) is 6.36. The number of aliphatic carboxylic acids is 1. The van der Waals surface area contributed by atoms with E-state index in [2.05, 4.69) is 79.9 Å². The summed E-state index contributed by atoms with van der Waals surface area (Å²) in [6.07, 6.45) is 45.3. The van der Waals surface area contributed by atoms with Gasteiger partial charge in [-0.25, -0.2) is 9.36 Å². The van der Waals surface area contributed by atoms with Crippen molar-refractivity contribution in [1.82, 2.24) is 5.32 Å². The van der Waals surface area contributed by atoms with Gasteiger partial charge < -0.3 is 25.2 Å².